The first kappa shape index (κ1) is 19.1. The molecule has 1 aliphatic heterocycles. The lowest BCUT2D eigenvalue weighted by Gasteiger charge is -2.34. The molecule has 27 heavy (non-hydrogen) atoms. The van der Waals surface area contributed by atoms with E-state index in [9.17, 15) is 19.2 Å². The Bertz CT molecular complexity index is 776. The molecule has 1 aromatic carbocycles. The van der Waals surface area contributed by atoms with Crippen molar-refractivity contribution in [3.8, 4) is 0 Å². The molecular weight excluding hydrogens is 346 g/mol. The van der Waals surface area contributed by atoms with Gasteiger partial charge in [0, 0.05) is 12.6 Å². The Hall–Kier alpha value is -2.70. The van der Waals surface area contributed by atoms with E-state index < -0.39 is 30.3 Å². The molecule has 1 aliphatic carbocycles. The van der Waals surface area contributed by atoms with Crippen molar-refractivity contribution in [2.45, 2.75) is 52.1 Å². The molecule has 5 amide bonds. The highest BCUT2D eigenvalue weighted by molar-refractivity contribution is 6.45. The van der Waals surface area contributed by atoms with Crippen LogP contribution in [0.15, 0.2) is 24.3 Å². The van der Waals surface area contributed by atoms with E-state index in [0.29, 0.717) is 13.0 Å². The second-order valence-electron chi connectivity index (χ2n) is 7.38. The minimum atomic E-state index is -0.913. The summed E-state index contributed by atoms with van der Waals surface area (Å²) in [5.41, 5.74) is 2.00. The van der Waals surface area contributed by atoms with Gasteiger partial charge in [-0.1, -0.05) is 44.0 Å². The number of carbonyl (C=O) groups is 4. The minimum Gasteiger partial charge on any atom is -0.350 e. The number of amides is 5. The zero-order valence-electron chi connectivity index (χ0n) is 15.7. The molecule has 7 heteroatoms. The number of rotatable bonds is 5. The molecule has 2 fully saturated rings. The Morgan fingerprint density at radius 3 is 2.52 bits per heavy atom. The summed E-state index contributed by atoms with van der Waals surface area (Å²) in [5, 5.41) is 2.71. The van der Waals surface area contributed by atoms with Crippen LogP contribution in [0.5, 0.6) is 0 Å². The molecule has 0 aromatic heterocycles. The van der Waals surface area contributed by atoms with E-state index in [4.69, 9.17) is 0 Å². The maximum atomic E-state index is 12.7. The first-order chi connectivity index (χ1) is 12.9. The van der Waals surface area contributed by atoms with Gasteiger partial charge in [-0.05, 0) is 36.8 Å². The molecule has 0 bridgehead atoms. The number of imide groups is 2. The van der Waals surface area contributed by atoms with Gasteiger partial charge >= 0.3 is 17.8 Å². The third-order valence-corrected chi connectivity index (χ3v) is 5.52. The van der Waals surface area contributed by atoms with E-state index in [1.54, 1.807) is 0 Å². The molecule has 0 spiro atoms. The molecular formula is C20H25N3O4. The summed E-state index contributed by atoms with van der Waals surface area (Å²) in [6, 6.07) is 6.70. The number of urea groups is 1. The highest BCUT2D eigenvalue weighted by Gasteiger charge is 2.49. The van der Waals surface area contributed by atoms with Gasteiger partial charge in [0.15, 0.2) is 0 Å². The minimum absolute atomic E-state index is 0.161. The van der Waals surface area contributed by atoms with Gasteiger partial charge in [-0.25, -0.2) is 9.69 Å². The topological polar surface area (TPSA) is 86.8 Å². The van der Waals surface area contributed by atoms with Crippen molar-refractivity contribution >= 4 is 23.8 Å². The van der Waals surface area contributed by atoms with Gasteiger partial charge in [0.2, 0.25) is 5.91 Å². The Balaban J connectivity index is 1.63. The predicted octanol–water partition coefficient (Wildman–Crippen LogP) is 1.98. The molecule has 1 saturated heterocycles. The second kappa shape index (κ2) is 7.90. The summed E-state index contributed by atoms with van der Waals surface area (Å²) >= 11 is 0. The first-order valence-corrected chi connectivity index (χ1v) is 9.40. The molecule has 1 aromatic rings. The van der Waals surface area contributed by atoms with E-state index in [1.807, 2.05) is 38.1 Å². The molecule has 1 saturated carbocycles. The van der Waals surface area contributed by atoms with Crippen LogP contribution < -0.4 is 5.32 Å². The van der Waals surface area contributed by atoms with Crippen LogP contribution in [-0.2, 0) is 20.9 Å². The Morgan fingerprint density at radius 2 is 1.81 bits per heavy atom. The average molecular weight is 371 g/mol. The lowest BCUT2D eigenvalue weighted by Crippen LogP contribution is -2.47. The fourth-order valence-electron chi connectivity index (χ4n) is 3.84. The highest BCUT2D eigenvalue weighted by atomic mass is 16.2. The smallest absolute Gasteiger partial charge is 0.334 e. The van der Waals surface area contributed by atoms with Crippen molar-refractivity contribution in [3.05, 3.63) is 35.4 Å². The van der Waals surface area contributed by atoms with Crippen molar-refractivity contribution < 1.29 is 19.2 Å². The number of nitrogens with zero attached hydrogens (tertiary/aromatic N) is 2. The van der Waals surface area contributed by atoms with E-state index in [0.717, 1.165) is 40.2 Å². The zero-order valence-corrected chi connectivity index (χ0v) is 15.7. The van der Waals surface area contributed by atoms with Crippen LogP contribution in [0, 0.1) is 12.8 Å². The van der Waals surface area contributed by atoms with Gasteiger partial charge in [-0.2, -0.15) is 0 Å². The van der Waals surface area contributed by atoms with Gasteiger partial charge in [-0.3, -0.25) is 19.3 Å². The molecule has 7 nitrogen and oxygen atoms in total. The van der Waals surface area contributed by atoms with Gasteiger partial charge < -0.3 is 5.32 Å². The Morgan fingerprint density at radius 1 is 1.11 bits per heavy atom. The van der Waals surface area contributed by atoms with Crippen molar-refractivity contribution in [1.29, 1.82) is 0 Å². The summed E-state index contributed by atoms with van der Waals surface area (Å²) in [6.45, 7) is 3.80. The average Bonchev–Trinajstić information content (AvgIpc) is 2.85. The normalized spacial score (nSPS) is 23.1. The maximum Gasteiger partial charge on any atom is 0.334 e. The van der Waals surface area contributed by atoms with Crippen LogP contribution in [0.25, 0.3) is 0 Å². The number of nitrogens with one attached hydrogen (secondary N) is 1. The number of carbonyl (C=O) groups excluding carboxylic acids is 4. The Kier molecular flexibility index (Phi) is 5.58. The summed E-state index contributed by atoms with van der Waals surface area (Å²) in [6.07, 6.45) is 3.62. The van der Waals surface area contributed by atoms with Crippen molar-refractivity contribution in [1.82, 2.24) is 15.1 Å². The first-order valence-electron chi connectivity index (χ1n) is 9.40. The number of hydrogen-bond donors (Lipinski definition) is 1. The standard InChI is InChI=1S/C20H25N3O4/c1-13-7-3-5-9-15(13)11-21-17(24)12-22-18(25)19(26)23(20(22)27)16-10-6-4-8-14(16)2/h3,5,7,9,14,16H,4,6,8,10-12H2,1-2H3,(H,21,24)/t14-,16-/m1/s1. The fourth-order valence-corrected chi connectivity index (χ4v) is 3.84. The molecule has 2 aliphatic rings. The third-order valence-electron chi connectivity index (χ3n) is 5.52. The number of aryl methyl sites for hydroxylation is 1. The van der Waals surface area contributed by atoms with E-state index in [-0.39, 0.29) is 12.0 Å². The molecule has 3 rings (SSSR count). The van der Waals surface area contributed by atoms with Crippen LogP contribution in [0.3, 0.4) is 0 Å². The van der Waals surface area contributed by atoms with Crippen LogP contribution in [0.1, 0.15) is 43.7 Å². The predicted molar refractivity (Wildman–Crippen MR) is 98.4 cm³/mol. The van der Waals surface area contributed by atoms with E-state index >= 15 is 0 Å². The number of benzene rings is 1. The summed E-state index contributed by atoms with van der Waals surface area (Å²) in [7, 11) is 0. The lowest BCUT2D eigenvalue weighted by molar-refractivity contribution is -0.145. The third kappa shape index (κ3) is 3.86. The van der Waals surface area contributed by atoms with Gasteiger partial charge in [0.1, 0.15) is 6.54 Å². The lowest BCUT2D eigenvalue weighted by atomic mass is 9.85. The molecule has 1 N–H and O–H groups in total. The molecule has 144 valence electrons. The Labute approximate surface area is 158 Å². The van der Waals surface area contributed by atoms with Crippen LogP contribution >= 0.6 is 0 Å². The second-order valence-corrected chi connectivity index (χ2v) is 7.38. The SMILES string of the molecule is Cc1ccccc1CNC(=O)CN1C(=O)C(=O)N([C@@H]2CCCC[C@H]2C)C1=O. The fraction of sp³-hybridized carbons (Fsp3) is 0.500. The van der Waals surface area contributed by atoms with Gasteiger partial charge in [0.25, 0.3) is 0 Å². The number of hydrogen-bond acceptors (Lipinski definition) is 4. The monoisotopic (exact) mass is 371 g/mol. The molecule has 0 unspecified atom stereocenters. The van der Waals surface area contributed by atoms with Crippen LogP contribution in [0.4, 0.5) is 4.79 Å². The maximum absolute atomic E-state index is 12.7. The van der Waals surface area contributed by atoms with E-state index in [1.165, 1.54) is 0 Å². The quantitative estimate of drug-likeness (QED) is 0.633. The van der Waals surface area contributed by atoms with E-state index in [2.05, 4.69) is 5.32 Å². The van der Waals surface area contributed by atoms with Crippen LogP contribution in [0.2, 0.25) is 0 Å². The molecule has 1 heterocycles. The highest BCUT2D eigenvalue weighted by Crippen LogP contribution is 2.31. The van der Waals surface area contributed by atoms with Crippen molar-refractivity contribution in [3.63, 3.8) is 0 Å². The summed E-state index contributed by atoms with van der Waals surface area (Å²) < 4.78 is 0. The van der Waals surface area contributed by atoms with Crippen LogP contribution in [-0.4, -0.2) is 46.1 Å². The van der Waals surface area contributed by atoms with Crippen molar-refractivity contribution in [2.24, 2.45) is 5.92 Å². The zero-order chi connectivity index (χ0) is 19.6. The summed E-state index contributed by atoms with van der Waals surface area (Å²) in [5.74, 6) is -2.03. The summed E-state index contributed by atoms with van der Waals surface area (Å²) in [4.78, 5) is 51.4. The molecule has 0 radical (unpaired) electrons. The van der Waals surface area contributed by atoms with Crippen molar-refractivity contribution in [2.75, 3.05) is 6.54 Å². The molecule has 2 atom stereocenters. The largest absolute Gasteiger partial charge is 0.350 e. The van der Waals surface area contributed by atoms with Gasteiger partial charge in [-0.15, -0.1) is 0 Å². The van der Waals surface area contributed by atoms with Gasteiger partial charge in [0.05, 0.1) is 0 Å².